The summed E-state index contributed by atoms with van der Waals surface area (Å²) in [4.78, 5) is 5.02. The van der Waals surface area contributed by atoms with Crippen molar-refractivity contribution in [2.75, 3.05) is 31.1 Å². The van der Waals surface area contributed by atoms with E-state index < -0.39 is 0 Å². The third kappa shape index (κ3) is 5.55. The van der Waals surface area contributed by atoms with Gasteiger partial charge in [-0.1, -0.05) is 96.9 Å². The number of nitrogens with zero attached hydrogens (tertiary/aromatic N) is 3. The molecule has 188 valence electrons. The van der Waals surface area contributed by atoms with E-state index in [4.69, 9.17) is 4.52 Å². The minimum atomic E-state index is 0.799. The lowest BCUT2D eigenvalue weighted by atomic mass is 10.0. The Morgan fingerprint density at radius 1 is 0.730 bits per heavy atom. The Bertz CT molecular complexity index is 1460. The second-order valence-electron chi connectivity index (χ2n) is 10.3. The van der Waals surface area contributed by atoms with Gasteiger partial charge in [-0.2, -0.15) is 0 Å². The Labute approximate surface area is 219 Å². The number of benzene rings is 4. The first-order valence-electron chi connectivity index (χ1n) is 13.7. The number of hydrogen-bond acceptors (Lipinski definition) is 4. The number of anilines is 1. The van der Waals surface area contributed by atoms with E-state index in [9.17, 15) is 0 Å². The van der Waals surface area contributed by atoms with E-state index in [1.165, 1.54) is 65.9 Å². The number of aromatic nitrogens is 1. The van der Waals surface area contributed by atoms with Gasteiger partial charge >= 0.3 is 0 Å². The molecule has 1 aliphatic rings. The summed E-state index contributed by atoms with van der Waals surface area (Å²) in [6, 6.07) is 32.3. The highest BCUT2D eigenvalue weighted by Gasteiger charge is 2.17. The van der Waals surface area contributed by atoms with Crippen molar-refractivity contribution in [3.63, 3.8) is 0 Å². The molecule has 0 radical (unpaired) electrons. The molecular formula is C33H35N3O. The lowest BCUT2D eigenvalue weighted by molar-refractivity contribution is 0.281. The molecule has 37 heavy (non-hydrogen) atoms. The first-order chi connectivity index (χ1) is 18.3. The van der Waals surface area contributed by atoms with E-state index in [1.807, 2.05) is 0 Å². The average molecular weight is 490 g/mol. The first kappa shape index (κ1) is 23.7. The van der Waals surface area contributed by atoms with E-state index in [1.54, 1.807) is 0 Å². The Morgan fingerprint density at radius 3 is 2.35 bits per heavy atom. The Hall–Kier alpha value is -3.63. The number of rotatable bonds is 8. The third-order valence-corrected chi connectivity index (χ3v) is 7.70. The molecule has 4 aromatic carbocycles. The van der Waals surface area contributed by atoms with Crippen LogP contribution in [0.25, 0.3) is 32.8 Å². The molecule has 0 aliphatic carbocycles. The monoisotopic (exact) mass is 489 g/mol. The van der Waals surface area contributed by atoms with E-state index in [2.05, 4.69) is 106 Å². The van der Waals surface area contributed by atoms with Crippen molar-refractivity contribution in [1.82, 2.24) is 10.1 Å². The molecule has 6 rings (SSSR count). The van der Waals surface area contributed by atoms with Gasteiger partial charge < -0.3 is 14.3 Å². The van der Waals surface area contributed by atoms with Crippen LogP contribution in [0, 0.1) is 0 Å². The molecule has 1 aliphatic heterocycles. The van der Waals surface area contributed by atoms with E-state index in [0.717, 1.165) is 43.2 Å². The van der Waals surface area contributed by atoms with Crippen LogP contribution in [0.1, 0.15) is 37.7 Å². The van der Waals surface area contributed by atoms with Crippen LogP contribution in [0.3, 0.4) is 0 Å². The molecule has 2 heterocycles. The van der Waals surface area contributed by atoms with Crippen LogP contribution in [-0.4, -0.2) is 36.2 Å². The lowest BCUT2D eigenvalue weighted by Crippen LogP contribution is -2.30. The van der Waals surface area contributed by atoms with Crippen LogP contribution in [0.2, 0.25) is 0 Å². The fourth-order valence-corrected chi connectivity index (χ4v) is 5.65. The Kier molecular flexibility index (Phi) is 7.18. The Morgan fingerprint density at radius 2 is 1.49 bits per heavy atom. The number of fused-ring (bicyclic) bond motifs is 2. The van der Waals surface area contributed by atoms with E-state index in [-0.39, 0.29) is 0 Å². The molecule has 0 unspecified atom stereocenters. The van der Waals surface area contributed by atoms with Gasteiger partial charge in [0.2, 0.25) is 5.88 Å². The molecule has 4 heteroatoms. The van der Waals surface area contributed by atoms with Crippen molar-refractivity contribution in [1.29, 1.82) is 0 Å². The van der Waals surface area contributed by atoms with Gasteiger partial charge in [0.25, 0.3) is 0 Å². The molecule has 0 atom stereocenters. The Balaban J connectivity index is 1.26. The maximum Gasteiger partial charge on any atom is 0.228 e. The summed E-state index contributed by atoms with van der Waals surface area (Å²) in [5.41, 5.74) is 3.29. The standard InChI is InChI=1S/C33H35N3O/c1-2-8-20-35(19-7-1)21-10-22-36(25-30-15-9-14-27-12-5-6-16-31(27)30)33-24-32(34-37-33)29-18-17-26-11-3-4-13-28(26)23-29/h3-6,9,11-18,23-24H,1-2,7-8,10,19-22,25H2. The molecule has 1 fully saturated rings. The van der Waals surface area contributed by atoms with E-state index >= 15 is 0 Å². The molecular weight excluding hydrogens is 454 g/mol. The fraction of sp³-hybridized carbons (Fsp3) is 0.303. The molecule has 5 aromatic rings. The molecule has 0 spiro atoms. The van der Waals surface area contributed by atoms with Crippen LogP contribution in [-0.2, 0) is 6.54 Å². The van der Waals surface area contributed by atoms with Crippen LogP contribution in [0.4, 0.5) is 5.88 Å². The SMILES string of the molecule is c1ccc2cc(-c3cc(N(CCCN4CCCCCC4)Cc4cccc5ccccc45)on3)ccc2c1. The minimum Gasteiger partial charge on any atom is -0.338 e. The summed E-state index contributed by atoms with van der Waals surface area (Å²) >= 11 is 0. The maximum atomic E-state index is 6.00. The summed E-state index contributed by atoms with van der Waals surface area (Å²) in [5.74, 6) is 0.840. The normalized spacial score (nSPS) is 14.7. The van der Waals surface area contributed by atoms with Crippen molar-refractivity contribution in [3.05, 3.63) is 96.6 Å². The molecule has 0 N–H and O–H groups in total. The molecule has 0 amide bonds. The topological polar surface area (TPSA) is 32.5 Å². The molecule has 4 nitrogen and oxygen atoms in total. The fourth-order valence-electron chi connectivity index (χ4n) is 5.65. The number of likely N-dealkylation sites (tertiary alicyclic amines) is 1. The van der Waals surface area contributed by atoms with Gasteiger partial charge in [0, 0.05) is 24.7 Å². The molecule has 0 bridgehead atoms. The largest absolute Gasteiger partial charge is 0.338 e. The van der Waals surface area contributed by atoms with Crippen molar-refractivity contribution >= 4 is 27.4 Å². The van der Waals surface area contributed by atoms with Gasteiger partial charge in [-0.15, -0.1) is 0 Å². The summed E-state index contributed by atoms with van der Waals surface area (Å²) in [5, 5.41) is 9.54. The van der Waals surface area contributed by atoms with Crippen molar-refractivity contribution in [2.24, 2.45) is 0 Å². The second kappa shape index (κ2) is 11.2. The number of hydrogen-bond donors (Lipinski definition) is 0. The smallest absolute Gasteiger partial charge is 0.228 e. The van der Waals surface area contributed by atoms with Crippen LogP contribution < -0.4 is 4.90 Å². The zero-order valence-corrected chi connectivity index (χ0v) is 21.5. The van der Waals surface area contributed by atoms with Crippen molar-refractivity contribution in [3.8, 4) is 11.3 Å². The van der Waals surface area contributed by atoms with Gasteiger partial charge in [-0.05, 0) is 72.1 Å². The maximum absolute atomic E-state index is 6.00. The minimum absolute atomic E-state index is 0.799. The van der Waals surface area contributed by atoms with Gasteiger partial charge in [0.15, 0.2) is 0 Å². The molecule has 0 saturated carbocycles. The van der Waals surface area contributed by atoms with Gasteiger partial charge in [0.05, 0.1) is 0 Å². The van der Waals surface area contributed by atoms with Gasteiger partial charge in [-0.3, -0.25) is 0 Å². The highest BCUT2D eigenvalue weighted by atomic mass is 16.5. The van der Waals surface area contributed by atoms with Crippen LogP contribution in [0.15, 0.2) is 95.5 Å². The van der Waals surface area contributed by atoms with E-state index in [0.29, 0.717) is 0 Å². The summed E-state index contributed by atoms with van der Waals surface area (Å²) in [6.07, 6.45) is 6.52. The van der Waals surface area contributed by atoms with Gasteiger partial charge in [0.1, 0.15) is 5.69 Å². The highest BCUT2D eigenvalue weighted by Crippen LogP contribution is 2.29. The summed E-state index contributed by atoms with van der Waals surface area (Å²) in [7, 11) is 0. The van der Waals surface area contributed by atoms with Crippen LogP contribution in [0.5, 0.6) is 0 Å². The molecule has 1 aromatic heterocycles. The summed E-state index contributed by atoms with van der Waals surface area (Å²) < 4.78 is 6.00. The predicted octanol–water partition coefficient (Wildman–Crippen LogP) is 7.92. The second-order valence-corrected chi connectivity index (χ2v) is 10.3. The van der Waals surface area contributed by atoms with Crippen LogP contribution >= 0.6 is 0 Å². The van der Waals surface area contributed by atoms with Crippen molar-refractivity contribution in [2.45, 2.75) is 38.6 Å². The molecule has 1 saturated heterocycles. The predicted molar refractivity (Wildman–Crippen MR) is 154 cm³/mol. The zero-order valence-electron chi connectivity index (χ0n) is 21.5. The van der Waals surface area contributed by atoms with Crippen molar-refractivity contribution < 1.29 is 4.52 Å². The zero-order chi connectivity index (χ0) is 24.9. The quantitative estimate of drug-likeness (QED) is 0.222. The first-order valence-corrected chi connectivity index (χ1v) is 13.7. The third-order valence-electron chi connectivity index (χ3n) is 7.70. The highest BCUT2D eigenvalue weighted by molar-refractivity contribution is 5.87. The average Bonchev–Trinajstić information content (AvgIpc) is 3.30. The summed E-state index contributed by atoms with van der Waals surface area (Å²) in [6.45, 7) is 5.34. The lowest BCUT2D eigenvalue weighted by Gasteiger charge is -2.25. The van der Waals surface area contributed by atoms with Gasteiger partial charge in [-0.25, -0.2) is 0 Å².